The Kier molecular flexibility index (Phi) is 4.95. The third-order valence-corrected chi connectivity index (χ3v) is 2.62. The molecule has 0 bridgehead atoms. The molecule has 18 heavy (non-hydrogen) atoms. The summed E-state index contributed by atoms with van der Waals surface area (Å²) in [7, 11) is 0. The van der Waals surface area contributed by atoms with Crippen LogP contribution in [0.5, 0.6) is 0 Å². The summed E-state index contributed by atoms with van der Waals surface area (Å²) in [5.41, 5.74) is -0.917. The van der Waals surface area contributed by atoms with E-state index >= 15 is 0 Å². The molecule has 0 aromatic heterocycles. The second-order valence-electron chi connectivity index (χ2n) is 3.81. The highest BCUT2D eigenvalue weighted by Crippen LogP contribution is 2.35. The van der Waals surface area contributed by atoms with Crippen LogP contribution in [0.4, 0.5) is 17.6 Å². The minimum atomic E-state index is -4.48. The van der Waals surface area contributed by atoms with Crippen LogP contribution in [0.2, 0.25) is 0 Å². The maximum absolute atomic E-state index is 13.1. The lowest BCUT2D eigenvalue weighted by Crippen LogP contribution is -2.35. The average Bonchev–Trinajstić information content (AvgIpc) is 2.28. The number of hydrogen-bond acceptors (Lipinski definition) is 2. The maximum atomic E-state index is 13.1. The highest BCUT2D eigenvalue weighted by Gasteiger charge is 2.35. The van der Waals surface area contributed by atoms with Crippen molar-refractivity contribution in [1.82, 2.24) is 5.32 Å². The summed E-state index contributed by atoms with van der Waals surface area (Å²) in [5.74, 6) is -0.680. The first-order chi connectivity index (χ1) is 7.98. The van der Waals surface area contributed by atoms with E-state index in [1.165, 1.54) is 0 Å². The lowest BCUT2D eigenvalue weighted by Gasteiger charge is -2.26. The quantitative estimate of drug-likeness (QED) is 0.801. The van der Waals surface area contributed by atoms with Crippen molar-refractivity contribution < 1.29 is 22.3 Å². The number of alkyl halides is 3. The zero-order valence-electron chi connectivity index (χ0n) is 9.26. The fourth-order valence-electron chi connectivity index (χ4n) is 1.85. The summed E-state index contributed by atoms with van der Waals surface area (Å²) >= 11 is 0. The van der Waals surface area contributed by atoms with Gasteiger partial charge in [-0.1, -0.05) is 0 Å². The lowest BCUT2D eigenvalue weighted by atomic mass is 9.99. The Hall–Kier alpha value is -0.850. The minimum Gasteiger partial charge on any atom is -0.378 e. The van der Waals surface area contributed by atoms with E-state index in [1.807, 2.05) is 0 Å². The standard InChI is InChI=1S/C11H11F4NO.ClH/c12-7-1-2-9(11(13,14)15)8(5-7)10-6-17-4-3-16-10;/h1-2,5,10,16H,3-4,6H2;1H/t10-;/m0./s1. The summed E-state index contributed by atoms with van der Waals surface area (Å²) in [6.45, 7) is 1.03. The molecule has 0 radical (unpaired) electrons. The normalized spacial score (nSPS) is 20.3. The van der Waals surface area contributed by atoms with Gasteiger partial charge in [0.2, 0.25) is 0 Å². The van der Waals surface area contributed by atoms with Crippen molar-refractivity contribution in [1.29, 1.82) is 0 Å². The Morgan fingerprint density at radius 1 is 1.28 bits per heavy atom. The molecule has 0 spiro atoms. The molecule has 1 fully saturated rings. The third kappa shape index (κ3) is 3.34. The molecule has 7 heteroatoms. The van der Waals surface area contributed by atoms with Crippen molar-refractivity contribution in [2.24, 2.45) is 0 Å². The number of halogens is 5. The number of rotatable bonds is 1. The molecule has 0 amide bonds. The van der Waals surface area contributed by atoms with Gasteiger partial charge in [0.05, 0.1) is 24.8 Å². The monoisotopic (exact) mass is 285 g/mol. The first-order valence-electron chi connectivity index (χ1n) is 5.16. The molecule has 1 N–H and O–H groups in total. The van der Waals surface area contributed by atoms with E-state index in [-0.39, 0.29) is 24.6 Å². The Labute approximate surface area is 108 Å². The lowest BCUT2D eigenvalue weighted by molar-refractivity contribution is -0.138. The number of ether oxygens (including phenoxy) is 1. The predicted molar refractivity (Wildman–Crippen MR) is 60.2 cm³/mol. The van der Waals surface area contributed by atoms with Crippen molar-refractivity contribution in [2.75, 3.05) is 19.8 Å². The van der Waals surface area contributed by atoms with Gasteiger partial charge in [-0.05, 0) is 23.8 Å². The van der Waals surface area contributed by atoms with Crippen LogP contribution < -0.4 is 5.32 Å². The Balaban J connectivity index is 0.00000162. The van der Waals surface area contributed by atoms with Gasteiger partial charge in [-0.25, -0.2) is 4.39 Å². The molecule has 1 atom stereocenters. The van der Waals surface area contributed by atoms with Gasteiger partial charge >= 0.3 is 6.18 Å². The summed E-state index contributed by atoms with van der Waals surface area (Å²) in [6, 6.07) is 1.88. The van der Waals surface area contributed by atoms with Crippen LogP contribution in [0.25, 0.3) is 0 Å². The third-order valence-electron chi connectivity index (χ3n) is 2.62. The minimum absolute atomic E-state index is 0. The van der Waals surface area contributed by atoms with Gasteiger partial charge < -0.3 is 10.1 Å². The maximum Gasteiger partial charge on any atom is 0.416 e. The highest BCUT2D eigenvalue weighted by atomic mass is 35.5. The molecule has 1 heterocycles. The van der Waals surface area contributed by atoms with E-state index in [0.29, 0.717) is 13.2 Å². The largest absolute Gasteiger partial charge is 0.416 e. The van der Waals surface area contributed by atoms with Gasteiger partial charge in [0, 0.05) is 6.54 Å². The zero-order valence-corrected chi connectivity index (χ0v) is 10.1. The second kappa shape index (κ2) is 5.86. The smallest absolute Gasteiger partial charge is 0.378 e. The van der Waals surface area contributed by atoms with Crippen LogP contribution >= 0.6 is 12.4 Å². The summed E-state index contributed by atoms with van der Waals surface area (Å²) in [4.78, 5) is 0. The van der Waals surface area contributed by atoms with Gasteiger partial charge in [-0.15, -0.1) is 12.4 Å². The Bertz CT molecular complexity index is 405. The molecule has 1 aliphatic rings. The van der Waals surface area contributed by atoms with Crippen molar-refractivity contribution in [3.8, 4) is 0 Å². The molecule has 1 aromatic rings. The SMILES string of the molecule is Cl.Fc1ccc(C(F)(F)F)c([C@@H]2COCCN2)c1. The molecule has 102 valence electrons. The van der Waals surface area contributed by atoms with Gasteiger partial charge in [0.1, 0.15) is 5.82 Å². The number of morpholine rings is 1. The van der Waals surface area contributed by atoms with E-state index in [2.05, 4.69) is 5.32 Å². The van der Waals surface area contributed by atoms with Gasteiger partial charge in [-0.3, -0.25) is 0 Å². The van der Waals surface area contributed by atoms with E-state index in [1.54, 1.807) is 0 Å². The highest BCUT2D eigenvalue weighted by molar-refractivity contribution is 5.85. The molecule has 2 nitrogen and oxygen atoms in total. The molecular weight excluding hydrogens is 274 g/mol. The summed E-state index contributed by atoms with van der Waals surface area (Å²) < 4.78 is 56.4. The molecule has 0 aliphatic carbocycles. The molecular formula is C11H12ClF4NO. The second-order valence-corrected chi connectivity index (χ2v) is 3.81. The number of nitrogens with one attached hydrogen (secondary N) is 1. The van der Waals surface area contributed by atoms with Crippen molar-refractivity contribution in [3.05, 3.63) is 35.1 Å². The first-order valence-corrected chi connectivity index (χ1v) is 5.16. The van der Waals surface area contributed by atoms with Gasteiger partial charge in [0.25, 0.3) is 0 Å². The summed E-state index contributed by atoms with van der Waals surface area (Å²) in [5, 5.41) is 2.88. The van der Waals surface area contributed by atoms with Crippen molar-refractivity contribution >= 4 is 12.4 Å². The van der Waals surface area contributed by atoms with Gasteiger partial charge in [-0.2, -0.15) is 13.2 Å². The number of benzene rings is 1. The molecule has 0 saturated carbocycles. The van der Waals surface area contributed by atoms with Crippen LogP contribution in [0, 0.1) is 5.82 Å². The summed E-state index contributed by atoms with van der Waals surface area (Å²) in [6.07, 6.45) is -4.48. The molecule has 1 saturated heterocycles. The fraction of sp³-hybridized carbons (Fsp3) is 0.455. The molecule has 1 aliphatic heterocycles. The first kappa shape index (κ1) is 15.2. The Morgan fingerprint density at radius 2 is 2.00 bits per heavy atom. The molecule has 0 unspecified atom stereocenters. The average molecular weight is 286 g/mol. The number of hydrogen-bond donors (Lipinski definition) is 1. The van der Waals surface area contributed by atoms with Crippen LogP contribution in [0.3, 0.4) is 0 Å². The van der Waals surface area contributed by atoms with E-state index < -0.39 is 23.6 Å². The molecule has 2 rings (SSSR count). The topological polar surface area (TPSA) is 21.3 Å². The van der Waals surface area contributed by atoms with Crippen molar-refractivity contribution in [3.63, 3.8) is 0 Å². The fourth-order valence-corrected chi connectivity index (χ4v) is 1.85. The van der Waals surface area contributed by atoms with E-state index in [4.69, 9.17) is 4.74 Å². The van der Waals surface area contributed by atoms with Crippen LogP contribution in [-0.4, -0.2) is 19.8 Å². The van der Waals surface area contributed by atoms with E-state index in [0.717, 1.165) is 18.2 Å². The van der Waals surface area contributed by atoms with Crippen LogP contribution in [0.1, 0.15) is 17.2 Å². The van der Waals surface area contributed by atoms with Crippen LogP contribution in [0.15, 0.2) is 18.2 Å². The predicted octanol–water partition coefficient (Wildman–Crippen LogP) is 2.93. The van der Waals surface area contributed by atoms with E-state index in [9.17, 15) is 17.6 Å². The Morgan fingerprint density at radius 3 is 2.56 bits per heavy atom. The van der Waals surface area contributed by atoms with Crippen molar-refractivity contribution in [2.45, 2.75) is 12.2 Å². The van der Waals surface area contributed by atoms with Crippen LogP contribution in [-0.2, 0) is 10.9 Å². The zero-order chi connectivity index (χ0) is 12.5. The van der Waals surface area contributed by atoms with Gasteiger partial charge in [0.15, 0.2) is 0 Å². The molecule has 1 aromatic carbocycles.